The molecule has 102 valence electrons. The Bertz CT molecular complexity index is 533. The van der Waals surface area contributed by atoms with Gasteiger partial charge in [-0.15, -0.1) is 0 Å². The number of hydrogen-bond donors (Lipinski definition) is 1. The Hall–Kier alpha value is -1.81. The number of hydrogen-bond acceptors (Lipinski definition) is 3. The van der Waals surface area contributed by atoms with Crippen LogP contribution in [0.5, 0.6) is 0 Å². The van der Waals surface area contributed by atoms with E-state index in [1.165, 1.54) is 11.8 Å². The van der Waals surface area contributed by atoms with E-state index in [0.717, 1.165) is 37.4 Å². The molecule has 0 aliphatic carbocycles. The van der Waals surface area contributed by atoms with E-state index >= 15 is 0 Å². The van der Waals surface area contributed by atoms with Crippen molar-refractivity contribution in [2.24, 2.45) is 0 Å². The van der Waals surface area contributed by atoms with Gasteiger partial charge in [0.1, 0.15) is 5.82 Å². The van der Waals surface area contributed by atoms with Gasteiger partial charge in [0, 0.05) is 6.54 Å². The minimum absolute atomic E-state index is 0.709. The number of imidazole rings is 1. The highest BCUT2D eigenvalue weighted by Gasteiger charge is 2.07. The molecule has 0 bridgehead atoms. The first-order chi connectivity index (χ1) is 9.36. The molecule has 0 aliphatic heterocycles. The van der Waals surface area contributed by atoms with Crippen molar-refractivity contribution in [2.45, 2.75) is 26.4 Å². The average molecular weight is 259 g/mol. The Kier molecular flexibility index (Phi) is 4.98. The van der Waals surface area contributed by atoms with Crippen LogP contribution in [-0.2, 0) is 17.8 Å². The first-order valence-corrected chi connectivity index (χ1v) is 6.74. The van der Waals surface area contributed by atoms with Crippen molar-refractivity contribution in [3.63, 3.8) is 0 Å². The van der Waals surface area contributed by atoms with Crippen LogP contribution in [0.2, 0.25) is 0 Å². The van der Waals surface area contributed by atoms with Crippen molar-refractivity contribution in [1.29, 1.82) is 0 Å². The smallest absolute Gasteiger partial charge is 0.123 e. The molecule has 0 atom stereocenters. The molecule has 19 heavy (non-hydrogen) atoms. The molecule has 0 unspecified atom stereocenters. The van der Waals surface area contributed by atoms with Crippen molar-refractivity contribution in [1.82, 2.24) is 14.9 Å². The molecule has 0 aliphatic rings. The summed E-state index contributed by atoms with van der Waals surface area (Å²) in [5, 5.41) is 3.40. The predicted octanol–water partition coefficient (Wildman–Crippen LogP) is 2.70. The van der Waals surface area contributed by atoms with Gasteiger partial charge in [-0.1, -0.05) is 18.7 Å². The number of aromatic nitrogens is 2. The van der Waals surface area contributed by atoms with E-state index in [0.29, 0.717) is 6.61 Å². The van der Waals surface area contributed by atoms with E-state index < -0.39 is 0 Å². The number of nitrogens with one attached hydrogen (secondary N) is 1. The quantitative estimate of drug-likeness (QED) is 0.585. The second kappa shape index (κ2) is 6.95. The Balaban J connectivity index is 1.94. The van der Waals surface area contributed by atoms with Crippen molar-refractivity contribution < 1.29 is 4.74 Å². The third-order valence-electron chi connectivity index (χ3n) is 3.07. The molecule has 0 radical (unpaired) electrons. The number of aryl methyl sites for hydroxylation is 1. The van der Waals surface area contributed by atoms with Crippen LogP contribution in [0.15, 0.2) is 37.1 Å². The average Bonchev–Trinajstić information content (AvgIpc) is 2.80. The zero-order valence-corrected chi connectivity index (χ0v) is 11.4. The maximum atomic E-state index is 5.08. The van der Waals surface area contributed by atoms with Gasteiger partial charge in [0.25, 0.3) is 0 Å². The molecule has 1 heterocycles. The van der Waals surface area contributed by atoms with E-state index in [9.17, 15) is 0 Å². The van der Waals surface area contributed by atoms with E-state index in [2.05, 4.69) is 46.6 Å². The van der Waals surface area contributed by atoms with Crippen LogP contribution in [0.4, 0.5) is 0 Å². The molecule has 2 rings (SSSR count). The van der Waals surface area contributed by atoms with E-state index in [4.69, 9.17) is 4.74 Å². The number of para-hydroxylation sites is 2. The Labute approximate surface area is 114 Å². The normalized spacial score (nSPS) is 10.8. The molecular weight excluding hydrogens is 238 g/mol. The van der Waals surface area contributed by atoms with E-state index in [-0.39, 0.29) is 0 Å². The monoisotopic (exact) mass is 259 g/mol. The fourth-order valence-electron chi connectivity index (χ4n) is 2.18. The summed E-state index contributed by atoms with van der Waals surface area (Å²) in [7, 11) is 0. The summed E-state index contributed by atoms with van der Waals surface area (Å²) in [5.41, 5.74) is 2.27. The van der Waals surface area contributed by atoms with E-state index in [1.54, 1.807) is 0 Å². The summed E-state index contributed by atoms with van der Waals surface area (Å²) in [5.74, 6) is 1.09. The minimum atomic E-state index is 0.709. The van der Waals surface area contributed by atoms with Gasteiger partial charge in [-0.25, -0.2) is 4.98 Å². The second-order valence-electron chi connectivity index (χ2n) is 4.33. The zero-order valence-electron chi connectivity index (χ0n) is 11.4. The van der Waals surface area contributed by atoms with Gasteiger partial charge in [0.15, 0.2) is 0 Å². The summed E-state index contributed by atoms with van der Waals surface area (Å²) >= 11 is 0. The molecular formula is C15H21N3O. The Morgan fingerprint density at radius 3 is 3.05 bits per heavy atom. The largest absolute Gasteiger partial charge is 0.502 e. The van der Waals surface area contributed by atoms with Crippen molar-refractivity contribution in [3.8, 4) is 0 Å². The Morgan fingerprint density at radius 1 is 1.42 bits per heavy atom. The van der Waals surface area contributed by atoms with Gasteiger partial charge >= 0.3 is 0 Å². The summed E-state index contributed by atoms with van der Waals surface area (Å²) < 4.78 is 7.33. The van der Waals surface area contributed by atoms with Crippen LogP contribution in [0.3, 0.4) is 0 Å². The number of fused-ring (bicyclic) bond motifs is 1. The maximum absolute atomic E-state index is 5.08. The lowest BCUT2D eigenvalue weighted by molar-refractivity contribution is 0.244. The van der Waals surface area contributed by atoms with Crippen LogP contribution in [0.1, 0.15) is 19.2 Å². The molecule has 4 nitrogen and oxygen atoms in total. The van der Waals surface area contributed by atoms with E-state index in [1.807, 2.05) is 6.07 Å². The predicted molar refractivity (Wildman–Crippen MR) is 77.9 cm³/mol. The second-order valence-corrected chi connectivity index (χ2v) is 4.33. The third-order valence-corrected chi connectivity index (χ3v) is 3.07. The van der Waals surface area contributed by atoms with Gasteiger partial charge in [-0.3, -0.25) is 0 Å². The zero-order chi connectivity index (χ0) is 13.5. The highest BCUT2D eigenvalue weighted by molar-refractivity contribution is 5.75. The lowest BCUT2D eigenvalue weighted by atomic mass is 10.3. The van der Waals surface area contributed by atoms with Gasteiger partial charge < -0.3 is 14.6 Å². The molecule has 1 aromatic carbocycles. The topological polar surface area (TPSA) is 39.1 Å². The van der Waals surface area contributed by atoms with Crippen LogP contribution in [0, 0.1) is 0 Å². The SMILES string of the molecule is C=COCCCNCc1nc2ccccc2n1CC. The van der Waals surface area contributed by atoms with Crippen LogP contribution >= 0.6 is 0 Å². The molecule has 0 fully saturated rings. The van der Waals surface area contributed by atoms with Crippen molar-refractivity contribution >= 4 is 11.0 Å². The molecule has 0 saturated carbocycles. The van der Waals surface area contributed by atoms with Gasteiger partial charge in [-0.2, -0.15) is 0 Å². The van der Waals surface area contributed by atoms with Crippen molar-refractivity contribution in [3.05, 3.63) is 42.9 Å². The minimum Gasteiger partial charge on any atom is -0.502 e. The first kappa shape index (κ1) is 13.6. The molecule has 1 aromatic heterocycles. The highest BCUT2D eigenvalue weighted by atomic mass is 16.5. The summed E-state index contributed by atoms with van der Waals surface area (Å²) in [6, 6.07) is 8.26. The Morgan fingerprint density at radius 2 is 2.26 bits per heavy atom. The van der Waals surface area contributed by atoms with Crippen LogP contribution < -0.4 is 5.32 Å². The lowest BCUT2D eigenvalue weighted by Gasteiger charge is -2.07. The number of benzene rings is 1. The van der Waals surface area contributed by atoms with Crippen molar-refractivity contribution in [2.75, 3.05) is 13.2 Å². The van der Waals surface area contributed by atoms with Gasteiger partial charge in [0.2, 0.25) is 0 Å². The molecule has 0 spiro atoms. The van der Waals surface area contributed by atoms with Crippen LogP contribution in [-0.4, -0.2) is 22.7 Å². The highest BCUT2D eigenvalue weighted by Crippen LogP contribution is 2.15. The van der Waals surface area contributed by atoms with Gasteiger partial charge in [-0.05, 0) is 32.0 Å². The number of nitrogens with zero attached hydrogens (tertiary/aromatic N) is 2. The molecule has 1 N–H and O–H groups in total. The first-order valence-electron chi connectivity index (χ1n) is 6.74. The van der Waals surface area contributed by atoms with Gasteiger partial charge in [0.05, 0.1) is 30.4 Å². The molecule has 2 aromatic rings. The molecule has 0 amide bonds. The fraction of sp³-hybridized carbons (Fsp3) is 0.400. The maximum Gasteiger partial charge on any atom is 0.123 e. The van der Waals surface area contributed by atoms with Crippen LogP contribution in [0.25, 0.3) is 11.0 Å². The summed E-state index contributed by atoms with van der Waals surface area (Å²) in [4.78, 5) is 4.67. The molecule has 4 heteroatoms. The summed E-state index contributed by atoms with van der Waals surface area (Å²) in [6.07, 6.45) is 2.45. The third kappa shape index (κ3) is 3.35. The molecule has 0 saturated heterocycles. The number of rotatable bonds is 8. The standard InChI is InChI=1S/C15H21N3O/c1-3-18-14-9-6-5-8-13(14)17-15(18)12-16-10-7-11-19-4-2/h4-6,8-9,16H,2-3,7,10-12H2,1H3. The summed E-state index contributed by atoms with van der Waals surface area (Å²) in [6.45, 7) is 9.02. The lowest BCUT2D eigenvalue weighted by Crippen LogP contribution is -2.19. The number of ether oxygens (including phenoxy) is 1. The fourth-order valence-corrected chi connectivity index (χ4v) is 2.18.